The number of aromatic nitrogens is 2. The Morgan fingerprint density at radius 1 is 1.10 bits per heavy atom. The highest BCUT2D eigenvalue weighted by molar-refractivity contribution is 9.10. The molecule has 5 heteroatoms. The van der Waals surface area contributed by atoms with Crippen molar-refractivity contribution in [3.63, 3.8) is 0 Å². The summed E-state index contributed by atoms with van der Waals surface area (Å²) in [6, 6.07) is 13.9. The van der Waals surface area contributed by atoms with Gasteiger partial charge in [-0.3, -0.25) is 0 Å². The van der Waals surface area contributed by atoms with Crippen molar-refractivity contribution in [3.05, 3.63) is 52.5 Å². The molecule has 0 atom stereocenters. The van der Waals surface area contributed by atoms with Crippen LogP contribution in [-0.4, -0.2) is 17.2 Å². The lowest BCUT2D eigenvalue weighted by Crippen LogP contribution is -1.87. The Hall–Kier alpha value is -2.14. The summed E-state index contributed by atoms with van der Waals surface area (Å²) >= 11 is 3.54. The molecule has 1 N–H and O–H groups in total. The standard InChI is InChI=1S/C16H14BrN3O/c1-10-3-8-13(14(17)9-10)15-19-16(21-20-15)11-4-6-12(18-2)7-5-11/h3-9,18H,1-2H3. The molecule has 4 nitrogen and oxygen atoms in total. The summed E-state index contributed by atoms with van der Waals surface area (Å²) in [5, 5.41) is 7.14. The zero-order chi connectivity index (χ0) is 14.8. The van der Waals surface area contributed by atoms with Crippen molar-refractivity contribution in [1.82, 2.24) is 10.1 Å². The minimum Gasteiger partial charge on any atom is -0.388 e. The fraction of sp³-hybridized carbons (Fsp3) is 0.125. The van der Waals surface area contributed by atoms with E-state index in [1.165, 1.54) is 5.56 Å². The van der Waals surface area contributed by atoms with Crippen LogP contribution in [0.2, 0.25) is 0 Å². The van der Waals surface area contributed by atoms with E-state index in [4.69, 9.17) is 4.52 Å². The van der Waals surface area contributed by atoms with Crippen molar-refractivity contribution in [2.75, 3.05) is 12.4 Å². The van der Waals surface area contributed by atoms with Gasteiger partial charge in [0.25, 0.3) is 5.89 Å². The van der Waals surface area contributed by atoms with Crippen molar-refractivity contribution in [2.24, 2.45) is 0 Å². The Bertz CT molecular complexity index is 765. The normalized spacial score (nSPS) is 10.6. The van der Waals surface area contributed by atoms with Gasteiger partial charge in [0, 0.05) is 28.3 Å². The van der Waals surface area contributed by atoms with E-state index in [0.717, 1.165) is 21.3 Å². The predicted molar refractivity (Wildman–Crippen MR) is 87.2 cm³/mol. The van der Waals surface area contributed by atoms with E-state index in [9.17, 15) is 0 Å². The van der Waals surface area contributed by atoms with E-state index in [1.54, 1.807) is 0 Å². The van der Waals surface area contributed by atoms with Crippen LogP contribution in [0.15, 0.2) is 51.5 Å². The van der Waals surface area contributed by atoms with Gasteiger partial charge in [0.05, 0.1) is 0 Å². The van der Waals surface area contributed by atoms with Crippen LogP contribution in [0.1, 0.15) is 5.56 Å². The quantitative estimate of drug-likeness (QED) is 0.759. The molecule has 0 unspecified atom stereocenters. The summed E-state index contributed by atoms with van der Waals surface area (Å²) in [6.45, 7) is 2.04. The maximum absolute atomic E-state index is 5.36. The van der Waals surface area contributed by atoms with Gasteiger partial charge >= 0.3 is 0 Å². The zero-order valence-corrected chi connectivity index (χ0v) is 13.3. The molecule has 0 saturated carbocycles. The maximum Gasteiger partial charge on any atom is 0.258 e. The van der Waals surface area contributed by atoms with Crippen LogP contribution in [0.3, 0.4) is 0 Å². The molecule has 0 amide bonds. The first-order valence-electron chi connectivity index (χ1n) is 6.56. The molecule has 0 saturated heterocycles. The second-order valence-electron chi connectivity index (χ2n) is 4.73. The second-order valence-corrected chi connectivity index (χ2v) is 5.59. The molecule has 1 aromatic heterocycles. The lowest BCUT2D eigenvalue weighted by molar-refractivity contribution is 0.432. The average molecular weight is 344 g/mol. The summed E-state index contributed by atoms with van der Waals surface area (Å²) in [5.74, 6) is 1.09. The summed E-state index contributed by atoms with van der Waals surface area (Å²) in [5.41, 5.74) is 4.04. The summed E-state index contributed by atoms with van der Waals surface area (Å²) in [6.07, 6.45) is 0. The predicted octanol–water partition coefficient (Wildman–Crippen LogP) is 4.52. The highest BCUT2D eigenvalue weighted by Crippen LogP contribution is 2.29. The Morgan fingerprint density at radius 2 is 1.86 bits per heavy atom. The molecule has 1 heterocycles. The van der Waals surface area contributed by atoms with Crippen LogP contribution >= 0.6 is 15.9 Å². The Morgan fingerprint density at radius 3 is 2.52 bits per heavy atom. The molecular formula is C16H14BrN3O. The van der Waals surface area contributed by atoms with Crippen molar-refractivity contribution in [2.45, 2.75) is 6.92 Å². The molecule has 0 bridgehead atoms. The number of halogens is 1. The van der Waals surface area contributed by atoms with E-state index in [-0.39, 0.29) is 0 Å². The third-order valence-electron chi connectivity index (χ3n) is 3.21. The number of nitrogens with one attached hydrogen (secondary N) is 1. The number of rotatable bonds is 3. The van der Waals surface area contributed by atoms with Gasteiger partial charge in [-0.05, 0) is 48.9 Å². The van der Waals surface area contributed by atoms with Crippen LogP contribution < -0.4 is 5.32 Å². The molecule has 0 fully saturated rings. The topological polar surface area (TPSA) is 51.0 Å². The highest BCUT2D eigenvalue weighted by atomic mass is 79.9. The molecule has 106 valence electrons. The van der Waals surface area contributed by atoms with Crippen LogP contribution in [0.4, 0.5) is 5.69 Å². The third kappa shape index (κ3) is 2.83. The van der Waals surface area contributed by atoms with Gasteiger partial charge < -0.3 is 9.84 Å². The molecule has 0 aliphatic heterocycles. The number of benzene rings is 2. The van der Waals surface area contributed by atoms with Gasteiger partial charge in [0.1, 0.15) is 0 Å². The molecule has 0 spiro atoms. The number of anilines is 1. The summed E-state index contributed by atoms with van der Waals surface area (Å²) in [4.78, 5) is 4.47. The van der Waals surface area contributed by atoms with E-state index in [0.29, 0.717) is 11.7 Å². The van der Waals surface area contributed by atoms with Crippen molar-refractivity contribution >= 4 is 21.6 Å². The van der Waals surface area contributed by atoms with Crippen molar-refractivity contribution < 1.29 is 4.52 Å². The lowest BCUT2D eigenvalue weighted by atomic mass is 10.1. The smallest absolute Gasteiger partial charge is 0.258 e. The van der Waals surface area contributed by atoms with Crippen molar-refractivity contribution in [1.29, 1.82) is 0 Å². The van der Waals surface area contributed by atoms with Gasteiger partial charge in [0.2, 0.25) is 5.82 Å². The van der Waals surface area contributed by atoms with Gasteiger partial charge in [-0.1, -0.05) is 27.2 Å². The van der Waals surface area contributed by atoms with Crippen LogP contribution in [0.5, 0.6) is 0 Å². The van der Waals surface area contributed by atoms with Crippen LogP contribution in [-0.2, 0) is 0 Å². The van der Waals surface area contributed by atoms with E-state index >= 15 is 0 Å². The average Bonchev–Trinajstić information content (AvgIpc) is 2.97. The fourth-order valence-corrected chi connectivity index (χ4v) is 2.70. The fourth-order valence-electron chi connectivity index (χ4n) is 2.03. The minimum absolute atomic E-state index is 0.514. The van der Waals surface area contributed by atoms with Crippen LogP contribution in [0.25, 0.3) is 22.8 Å². The first kappa shape index (κ1) is 13.8. The van der Waals surface area contributed by atoms with Gasteiger partial charge in [-0.2, -0.15) is 4.98 Å². The zero-order valence-electron chi connectivity index (χ0n) is 11.7. The molecular weight excluding hydrogens is 330 g/mol. The molecule has 3 rings (SSSR count). The van der Waals surface area contributed by atoms with E-state index < -0.39 is 0 Å². The summed E-state index contributed by atoms with van der Waals surface area (Å²) < 4.78 is 6.32. The number of aryl methyl sites for hydroxylation is 1. The maximum atomic E-state index is 5.36. The van der Waals surface area contributed by atoms with Crippen LogP contribution in [0, 0.1) is 6.92 Å². The number of hydrogen-bond donors (Lipinski definition) is 1. The van der Waals surface area contributed by atoms with Gasteiger partial charge in [0.15, 0.2) is 0 Å². The van der Waals surface area contributed by atoms with Gasteiger partial charge in [-0.15, -0.1) is 0 Å². The Balaban J connectivity index is 1.95. The van der Waals surface area contributed by atoms with E-state index in [2.05, 4.69) is 31.4 Å². The molecule has 0 radical (unpaired) electrons. The number of hydrogen-bond acceptors (Lipinski definition) is 4. The molecule has 3 aromatic rings. The van der Waals surface area contributed by atoms with Gasteiger partial charge in [-0.25, -0.2) is 0 Å². The molecule has 0 aliphatic carbocycles. The Kier molecular flexibility index (Phi) is 3.75. The largest absolute Gasteiger partial charge is 0.388 e. The second kappa shape index (κ2) is 5.69. The number of nitrogens with zero attached hydrogens (tertiary/aromatic N) is 2. The van der Waals surface area contributed by atoms with E-state index in [1.807, 2.05) is 56.4 Å². The highest BCUT2D eigenvalue weighted by Gasteiger charge is 2.13. The lowest BCUT2D eigenvalue weighted by Gasteiger charge is -2.00. The first-order chi connectivity index (χ1) is 10.2. The molecule has 2 aromatic carbocycles. The molecule has 0 aliphatic rings. The first-order valence-corrected chi connectivity index (χ1v) is 7.35. The minimum atomic E-state index is 0.514. The monoisotopic (exact) mass is 343 g/mol. The molecule has 21 heavy (non-hydrogen) atoms. The van der Waals surface area contributed by atoms with Crippen molar-refractivity contribution in [3.8, 4) is 22.8 Å². The third-order valence-corrected chi connectivity index (χ3v) is 3.87. The Labute approximate surface area is 131 Å². The SMILES string of the molecule is CNc1ccc(-c2nc(-c3ccc(C)cc3Br)no2)cc1. The summed E-state index contributed by atoms with van der Waals surface area (Å²) in [7, 11) is 1.88.